The minimum atomic E-state index is 0.0447. The Balaban J connectivity index is 2.79. The Morgan fingerprint density at radius 1 is 1.27 bits per heavy atom. The molecule has 1 unspecified atom stereocenters. The minimum Gasteiger partial charge on any atom is -0.466 e. The van der Waals surface area contributed by atoms with Gasteiger partial charge in [0, 0.05) is 18.0 Å². The molecule has 0 fully saturated rings. The quantitative estimate of drug-likeness (QED) is 0.770. The van der Waals surface area contributed by atoms with Crippen molar-refractivity contribution in [3.63, 3.8) is 0 Å². The molecule has 0 bridgehead atoms. The van der Waals surface area contributed by atoms with Crippen LogP contribution in [0, 0.1) is 32.6 Å². The minimum absolute atomic E-state index is 0.0447. The Bertz CT molecular complexity index is 393. The second-order valence-corrected chi connectivity index (χ2v) is 3.83. The third-order valence-corrected chi connectivity index (χ3v) is 2.75. The number of nitrogens with two attached hydrogens (primary N) is 1. The molecular formula is C13H19NO. The molecule has 1 atom stereocenters. The third-order valence-electron chi connectivity index (χ3n) is 2.75. The van der Waals surface area contributed by atoms with Crippen molar-refractivity contribution in [2.75, 3.05) is 0 Å². The molecule has 2 nitrogen and oxygen atoms in total. The second kappa shape index (κ2) is 5.04. The van der Waals surface area contributed by atoms with Crippen molar-refractivity contribution in [1.29, 1.82) is 0 Å². The number of aryl methyl sites for hydroxylation is 2. The van der Waals surface area contributed by atoms with Gasteiger partial charge in [0.15, 0.2) is 0 Å². The summed E-state index contributed by atoms with van der Waals surface area (Å²) in [7, 11) is 0. The van der Waals surface area contributed by atoms with Crippen LogP contribution in [0.2, 0.25) is 0 Å². The monoisotopic (exact) mass is 205 g/mol. The van der Waals surface area contributed by atoms with Gasteiger partial charge in [0.05, 0.1) is 0 Å². The van der Waals surface area contributed by atoms with Crippen LogP contribution in [0.1, 0.15) is 48.5 Å². The molecule has 0 aliphatic carbocycles. The van der Waals surface area contributed by atoms with Gasteiger partial charge in [0.1, 0.15) is 11.5 Å². The van der Waals surface area contributed by atoms with E-state index >= 15 is 0 Å². The van der Waals surface area contributed by atoms with Crippen molar-refractivity contribution in [2.24, 2.45) is 5.73 Å². The molecule has 1 aromatic rings. The summed E-state index contributed by atoms with van der Waals surface area (Å²) >= 11 is 0. The zero-order valence-electron chi connectivity index (χ0n) is 9.98. The molecule has 1 heterocycles. The highest BCUT2D eigenvalue weighted by atomic mass is 16.3. The topological polar surface area (TPSA) is 39.2 Å². The lowest BCUT2D eigenvalue weighted by Crippen LogP contribution is -2.11. The molecule has 0 radical (unpaired) electrons. The van der Waals surface area contributed by atoms with E-state index in [4.69, 9.17) is 10.2 Å². The average molecular weight is 205 g/mol. The molecule has 0 spiro atoms. The first kappa shape index (κ1) is 11.9. The molecule has 0 saturated heterocycles. The van der Waals surface area contributed by atoms with Crippen molar-refractivity contribution in [3.05, 3.63) is 22.6 Å². The van der Waals surface area contributed by atoms with Gasteiger partial charge < -0.3 is 10.2 Å². The zero-order chi connectivity index (χ0) is 11.4. The van der Waals surface area contributed by atoms with Crippen molar-refractivity contribution in [1.82, 2.24) is 0 Å². The molecule has 2 N–H and O–H groups in total. The molecule has 0 saturated carbocycles. The van der Waals surface area contributed by atoms with Crippen molar-refractivity contribution in [3.8, 4) is 11.8 Å². The smallest absolute Gasteiger partial charge is 0.106 e. The van der Waals surface area contributed by atoms with Crippen LogP contribution in [-0.4, -0.2) is 0 Å². The van der Waals surface area contributed by atoms with Crippen molar-refractivity contribution >= 4 is 0 Å². The molecule has 1 rings (SSSR count). The summed E-state index contributed by atoms with van der Waals surface area (Å²) in [5.41, 5.74) is 8.47. The first-order valence-electron chi connectivity index (χ1n) is 5.29. The fourth-order valence-electron chi connectivity index (χ4n) is 1.85. The van der Waals surface area contributed by atoms with Gasteiger partial charge in [-0.3, -0.25) is 0 Å². The summed E-state index contributed by atoms with van der Waals surface area (Å²) in [4.78, 5) is 0. The van der Waals surface area contributed by atoms with Gasteiger partial charge in [0.2, 0.25) is 0 Å². The van der Waals surface area contributed by atoms with Gasteiger partial charge in [-0.05, 0) is 39.7 Å². The standard InChI is InChI=1S/C13H19NO/c1-5-6-7-8-12(14)13-9(2)10(3)15-11(13)4/h12H,7-8,14H2,1-4H3. The highest BCUT2D eigenvalue weighted by molar-refractivity contribution is 5.34. The van der Waals surface area contributed by atoms with Crippen LogP contribution >= 0.6 is 0 Å². The zero-order valence-corrected chi connectivity index (χ0v) is 9.98. The largest absolute Gasteiger partial charge is 0.466 e. The highest BCUT2D eigenvalue weighted by Gasteiger charge is 2.16. The fourth-order valence-corrected chi connectivity index (χ4v) is 1.85. The Labute approximate surface area is 91.8 Å². The molecule has 15 heavy (non-hydrogen) atoms. The lowest BCUT2D eigenvalue weighted by molar-refractivity contribution is 0.495. The number of rotatable bonds is 3. The van der Waals surface area contributed by atoms with E-state index in [1.807, 2.05) is 20.8 Å². The van der Waals surface area contributed by atoms with E-state index < -0.39 is 0 Å². The lowest BCUT2D eigenvalue weighted by Gasteiger charge is -2.10. The summed E-state index contributed by atoms with van der Waals surface area (Å²) < 4.78 is 5.56. The summed E-state index contributed by atoms with van der Waals surface area (Å²) in [6.07, 6.45) is 1.74. The van der Waals surface area contributed by atoms with E-state index in [1.165, 1.54) is 5.56 Å². The predicted octanol–water partition coefficient (Wildman–Crippen LogP) is 3.01. The fraction of sp³-hybridized carbons (Fsp3) is 0.538. The van der Waals surface area contributed by atoms with Crippen LogP contribution in [0.15, 0.2) is 4.42 Å². The third kappa shape index (κ3) is 2.64. The van der Waals surface area contributed by atoms with Crippen LogP contribution in [0.25, 0.3) is 0 Å². The van der Waals surface area contributed by atoms with E-state index in [0.717, 1.165) is 29.9 Å². The SMILES string of the molecule is CC#CCCC(N)c1c(C)oc(C)c1C. The molecule has 1 aromatic heterocycles. The molecule has 0 amide bonds. The Kier molecular flexibility index (Phi) is 3.99. The average Bonchev–Trinajstić information content (AvgIpc) is 2.41. The number of furan rings is 1. The van der Waals surface area contributed by atoms with E-state index in [9.17, 15) is 0 Å². The van der Waals surface area contributed by atoms with Crippen molar-refractivity contribution in [2.45, 2.75) is 46.6 Å². The van der Waals surface area contributed by atoms with Gasteiger partial charge in [-0.15, -0.1) is 11.8 Å². The summed E-state index contributed by atoms with van der Waals surface area (Å²) in [6, 6.07) is 0.0447. The van der Waals surface area contributed by atoms with Crippen LogP contribution in [-0.2, 0) is 0 Å². The van der Waals surface area contributed by atoms with Crippen LogP contribution in [0.4, 0.5) is 0 Å². The Morgan fingerprint density at radius 3 is 2.40 bits per heavy atom. The summed E-state index contributed by atoms with van der Waals surface area (Å²) in [5, 5.41) is 0. The molecule has 0 aliphatic rings. The van der Waals surface area contributed by atoms with E-state index in [-0.39, 0.29) is 6.04 Å². The molecule has 82 valence electrons. The first-order valence-corrected chi connectivity index (χ1v) is 5.29. The molecule has 2 heteroatoms. The van der Waals surface area contributed by atoms with Gasteiger partial charge in [-0.25, -0.2) is 0 Å². The Hall–Kier alpha value is -1.20. The summed E-state index contributed by atoms with van der Waals surface area (Å²) in [6.45, 7) is 7.86. The maximum absolute atomic E-state index is 6.12. The number of hydrogen-bond donors (Lipinski definition) is 1. The van der Waals surface area contributed by atoms with Crippen LogP contribution in [0.5, 0.6) is 0 Å². The highest BCUT2D eigenvalue weighted by Crippen LogP contribution is 2.27. The van der Waals surface area contributed by atoms with E-state index in [0.29, 0.717) is 0 Å². The number of hydrogen-bond acceptors (Lipinski definition) is 2. The van der Waals surface area contributed by atoms with Gasteiger partial charge >= 0.3 is 0 Å². The predicted molar refractivity (Wildman–Crippen MR) is 62.5 cm³/mol. The second-order valence-electron chi connectivity index (χ2n) is 3.83. The lowest BCUT2D eigenvalue weighted by atomic mass is 9.99. The summed E-state index contributed by atoms with van der Waals surface area (Å²) in [5.74, 6) is 7.83. The maximum Gasteiger partial charge on any atom is 0.106 e. The normalized spacial score (nSPS) is 12.1. The molecular weight excluding hydrogens is 186 g/mol. The van der Waals surface area contributed by atoms with Crippen LogP contribution in [0.3, 0.4) is 0 Å². The van der Waals surface area contributed by atoms with E-state index in [2.05, 4.69) is 18.8 Å². The molecule has 0 aromatic carbocycles. The van der Waals surface area contributed by atoms with Gasteiger partial charge in [-0.1, -0.05) is 0 Å². The first-order chi connectivity index (χ1) is 7.07. The van der Waals surface area contributed by atoms with Gasteiger partial charge in [0.25, 0.3) is 0 Å². The van der Waals surface area contributed by atoms with Crippen molar-refractivity contribution < 1.29 is 4.42 Å². The maximum atomic E-state index is 6.12. The molecule has 0 aliphatic heterocycles. The van der Waals surface area contributed by atoms with Gasteiger partial charge in [-0.2, -0.15) is 0 Å². The van der Waals surface area contributed by atoms with Crippen LogP contribution < -0.4 is 5.73 Å². The van der Waals surface area contributed by atoms with E-state index in [1.54, 1.807) is 0 Å². The Morgan fingerprint density at radius 2 is 1.93 bits per heavy atom.